The first-order valence-corrected chi connectivity index (χ1v) is 8.98. The van der Waals surface area contributed by atoms with E-state index in [0.29, 0.717) is 39.1 Å². The number of carbonyl (C=O) groups excluding carboxylic acids is 1. The predicted octanol–water partition coefficient (Wildman–Crippen LogP) is 4.23. The van der Waals surface area contributed by atoms with Gasteiger partial charge in [-0.25, -0.2) is 0 Å². The highest BCUT2D eigenvalue weighted by Crippen LogP contribution is 2.31. The van der Waals surface area contributed by atoms with Crippen LogP contribution in [-0.4, -0.2) is 20.8 Å². The van der Waals surface area contributed by atoms with Gasteiger partial charge in [0.15, 0.2) is 5.76 Å². The van der Waals surface area contributed by atoms with E-state index in [4.69, 9.17) is 20.5 Å². The smallest absolute Gasteiger partial charge is 0.257 e. The minimum atomic E-state index is -0.307. The zero-order valence-corrected chi connectivity index (χ0v) is 16.0. The van der Waals surface area contributed by atoms with E-state index in [1.165, 1.54) is 0 Å². The molecule has 7 nitrogen and oxygen atoms in total. The number of hydrogen-bond acceptors (Lipinski definition) is 5. The fourth-order valence-electron chi connectivity index (χ4n) is 3.00. The van der Waals surface area contributed by atoms with Crippen LogP contribution in [0.3, 0.4) is 0 Å². The number of aromatic nitrogens is 3. The summed E-state index contributed by atoms with van der Waals surface area (Å²) in [5.41, 5.74) is 2.94. The lowest BCUT2D eigenvalue weighted by Gasteiger charge is -2.05. The Balaban J connectivity index is 1.55. The summed E-state index contributed by atoms with van der Waals surface area (Å²) in [5, 5.41) is 11.8. The van der Waals surface area contributed by atoms with E-state index in [1.54, 1.807) is 30.0 Å². The molecular formula is C20H17ClN4O3. The summed E-state index contributed by atoms with van der Waals surface area (Å²) in [6.45, 7) is 1.94. The Kier molecular flexibility index (Phi) is 4.75. The van der Waals surface area contributed by atoms with Crippen LogP contribution in [0.25, 0.3) is 22.7 Å². The monoisotopic (exact) mass is 396 g/mol. The molecule has 3 aromatic heterocycles. The van der Waals surface area contributed by atoms with Gasteiger partial charge in [0.05, 0.1) is 23.5 Å². The largest absolute Gasteiger partial charge is 0.463 e. The van der Waals surface area contributed by atoms with Gasteiger partial charge in [-0.1, -0.05) is 35.0 Å². The molecule has 0 radical (unpaired) electrons. The Bertz CT molecular complexity index is 1130. The summed E-state index contributed by atoms with van der Waals surface area (Å²) < 4.78 is 12.4. The van der Waals surface area contributed by atoms with Crippen molar-refractivity contribution in [2.45, 2.75) is 13.5 Å². The zero-order chi connectivity index (χ0) is 19.7. The summed E-state index contributed by atoms with van der Waals surface area (Å²) in [4.78, 5) is 12.8. The summed E-state index contributed by atoms with van der Waals surface area (Å²) in [6, 6.07) is 12.7. The Hall–Kier alpha value is -3.32. The first-order valence-electron chi connectivity index (χ1n) is 8.60. The van der Waals surface area contributed by atoms with Gasteiger partial charge in [0.25, 0.3) is 5.91 Å². The molecule has 28 heavy (non-hydrogen) atoms. The van der Waals surface area contributed by atoms with E-state index in [0.717, 1.165) is 5.69 Å². The molecule has 0 saturated heterocycles. The van der Waals surface area contributed by atoms with Gasteiger partial charge in [-0.15, -0.1) is 0 Å². The highest BCUT2D eigenvalue weighted by molar-refractivity contribution is 6.33. The highest BCUT2D eigenvalue weighted by Gasteiger charge is 2.23. The second-order valence-corrected chi connectivity index (χ2v) is 6.65. The first-order chi connectivity index (χ1) is 13.5. The maximum Gasteiger partial charge on any atom is 0.257 e. The van der Waals surface area contributed by atoms with Gasteiger partial charge in [-0.05, 0) is 31.2 Å². The topological polar surface area (TPSA) is 86.1 Å². The minimum Gasteiger partial charge on any atom is -0.463 e. The van der Waals surface area contributed by atoms with Crippen LogP contribution in [0.15, 0.2) is 57.7 Å². The van der Waals surface area contributed by atoms with Crippen molar-refractivity contribution in [3.63, 3.8) is 0 Å². The number of hydrogen-bond donors (Lipinski definition) is 1. The molecule has 1 aromatic carbocycles. The molecule has 1 N–H and O–H groups in total. The SMILES string of the molecule is Cc1onc(-c2ccccc2Cl)c1C(=O)NCc1cc(-c2ccco2)n(C)n1. The number of benzene rings is 1. The predicted molar refractivity (Wildman–Crippen MR) is 104 cm³/mol. The molecule has 0 saturated carbocycles. The zero-order valence-electron chi connectivity index (χ0n) is 15.3. The molecule has 1 amide bonds. The van der Waals surface area contributed by atoms with Gasteiger partial charge in [-0.2, -0.15) is 5.10 Å². The first kappa shape index (κ1) is 18.1. The quantitative estimate of drug-likeness (QED) is 0.545. The normalized spacial score (nSPS) is 11.0. The number of nitrogens with zero attached hydrogens (tertiary/aromatic N) is 3. The average molecular weight is 397 g/mol. The van der Waals surface area contributed by atoms with E-state index in [1.807, 2.05) is 37.4 Å². The van der Waals surface area contributed by atoms with E-state index < -0.39 is 0 Å². The van der Waals surface area contributed by atoms with E-state index in [9.17, 15) is 4.79 Å². The maximum atomic E-state index is 12.8. The van der Waals surface area contributed by atoms with Crippen molar-refractivity contribution >= 4 is 17.5 Å². The van der Waals surface area contributed by atoms with Crippen molar-refractivity contribution in [3.05, 3.63) is 70.8 Å². The van der Waals surface area contributed by atoms with Crippen molar-refractivity contribution in [1.29, 1.82) is 0 Å². The molecule has 0 fully saturated rings. The van der Waals surface area contributed by atoms with Crippen LogP contribution in [0.4, 0.5) is 0 Å². The van der Waals surface area contributed by atoms with Gasteiger partial charge in [0.1, 0.15) is 22.7 Å². The third kappa shape index (κ3) is 3.32. The Morgan fingerprint density at radius 1 is 1.25 bits per heavy atom. The Morgan fingerprint density at radius 3 is 2.82 bits per heavy atom. The molecule has 4 rings (SSSR count). The van der Waals surface area contributed by atoms with Crippen LogP contribution < -0.4 is 5.32 Å². The number of rotatable bonds is 5. The molecule has 0 spiro atoms. The van der Waals surface area contributed by atoms with Crippen molar-refractivity contribution in [2.75, 3.05) is 0 Å². The molecule has 0 atom stereocenters. The number of furan rings is 1. The van der Waals surface area contributed by atoms with Gasteiger partial charge < -0.3 is 14.3 Å². The van der Waals surface area contributed by atoms with Gasteiger partial charge in [0, 0.05) is 12.6 Å². The second kappa shape index (κ2) is 7.36. The van der Waals surface area contributed by atoms with Crippen molar-refractivity contribution in [1.82, 2.24) is 20.3 Å². The second-order valence-electron chi connectivity index (χ2n) is 6.25. The lowest BCUT2D eigenvalue weighted by Crippen LogP contribution is -2.24. The number of aryl methyl sites for hydroxylation is 2. The lowest BCUT2D eigenvalue weighted by molar-refractivity contribution is 0.0949. The van der Waals surface area contributed by atoms with Crippen molar-refractivity contribution in [3.8, 4) is 22.7 Å². The number of amides is 1. The van der Waals surface area contributed by atoms with Gasteiger partial charge >= 0.3 is 0 Å². The molecular weight excluding hydrogens is 380 g/mol. The summed E-state index contributed by atoms with van der Waals surface area (Å²) in [6.07, 6.45) is 1.61. The number of carbonyl (C=O) groups is 1. The lowest BCUT2D eigenvalue weighted by atomic mass is 10.1. The van der Waals surface area contributed by atoms with Crippen LogP contribution in [0, 0.1) is 6.92 Å². The van der Waals surface area contributed by atoms with Crippen LogP contribution in [0.2, 0.25) is 5.02 Å². The molecule has 0 aliphatic heterocycles. The third-order valence-electron chi connectivity index (χ3n) is 4.35. The third-order valence-corrected chi connectivity index (χ3v) is 4.68. The average Bonchev–Trinajstić information content (AvgIpc) is 3.40. The maximum absolute atomic E-state index is 12.8. The highest BCUT2D eigenvalue weighted by atomic mass is 35.5. The van der Waals surface area contributed by atoms with E-state index in [-0.39, 0.29) is 12.5 Å². The summed E-state index contributed by atoms with van der Waals surface area (Å²) in [5.74, 6) is 0.826. The van der Waals surface area contributed by atoms with Crippen LogP contribution >= 0.6 is 11.6 Å². The number of halogens is 1. The molecule has 142 valence electrons. The standard InChI is InChI=1S/C20H17ClN4O3/c1-12-18(19(24-28-12)14-6-3-4-7-15(14)21)20(26)22-11-13-10-16(25(2)23-13)17-8-5-9-27-17/h3-10H,11H2,1-2H3,(H,22,26). The van der Waals surface area contributed by atoms with Crippen LogP contribution in [0.5, 0.6) is 0 Å². The van der Waals surface area contributed by atoms with Crippen LogP contribution in [0.1, 0.15) is 21.8 Å². The molecule has 0 bridgehead atoms. The van der Waals surface area contributed by atoms with E-state index >= 15 is 0 Å². The molecule has 0 aliphatic carbocycles. The molecule has 3 heterocycles. The minimum absolute atomic E-state index is 0.250. The Morgan fingerprint density at radius 2 is 2.07 bits per heavy atom. The molecule has 8 heteroatoms. The summed E-state index contributed by atoms with van der Waals surface area (Å²) >= 11 is 6.25. The fourth-order valence-corrected chi connectivity index (χ4v) is 3.23. The van der Waals surface area contributed by atoms with E-state index in [2.05, 4.69) is 15.6 Å². The fraction of sp³-hybridized carbons (Fsp3) is 0.150. The van der Waals surface area contributed by atoms with Crippen LogP contribution in [-0.2, 0) is 13.6 Å². The van der Waals surface area contributed by atoms with Crippen molar-refractivity contribution in [2.24, 2.45) is 7.05 Å². The van der Waals surface area contributed by atoms with Gasteiger partial charge in [0.2, 0.25) is 0 Å². The molecule has 0 aliphatic rings. The molecule has 0 unspecified atom stereocenters. The summed E-state index contributed by atoms with van der Waals surface area (Å²) in [7, 11) is 1.82. The number of nitrogens with one attached hydrogen (secondary N) is 1. The molecule has 4 aromatic rings. The van der Waals surface area contributed by atoms with Gasteiger partial charge in [-0.3, -0.25) is 9.48 Å². The van der Waals surface area contributed by atoms with Crippen molar-refractivity contribution < 1.29 is 13.7 Å². The Labute approximate surface area is 165 Å².